The lowest BCUT2D eigenvalue weighted by atomic mass is 10.1. The highest BCUT2D eigenvalue weighted by Gasteiger charge is 2.06. The molecule has 1 aromatic heterocycles. The molecule has 4 heteroatoms. The summed E-state index contributed by atoms with van der Waals surface area (Å²) in [7, 11) is 3.96. The van der Waals surface area contributed by atoms with Crippen molar-refractivity contribution in [2.24, 2.45) is 0 Å². The summed E-state index contributed by atoms with van der Waals surface area (Å²) in [6.07, 6.45) is 2.30. The van der Waals surface area contributed by atoms with Crippen molar-refractivity contribution in [1.29, 1.82) is 0 Å². The van der Waals surface area contributed by atoms with Crippen LogP contribution in [0.4, 0.5) is 5.69 Å². The Kier molecular flexibility index (Phi) is 3.46. The average Bonchev–Trinajstić information content (AvgIpc) is 2.35. The van der Waals surface area contributed by atoms with Crippen LogP contribution >= 0.6 is 0 Å². The van der Waals surface area contributed by atoms with Gasteiger partial charge in [0, 0.05) is 43.5 Å². The molecule has 18 heavy (non-hydrogen) atoms. The minimum atomic E-state index is -0.794. The van der Waals surface area contributed by atoms with Gasteiger partial charge in [-0.05, 0) is 23.6 Å². The summed E-state index contributed by atoms with van der Waals surface area (Å²) in [5.41, 5.74) is 1.94. The topological polar surface area (TPSA) is 53.4 Å². The summed E-state index contributed by atoms with van der Waals surface area (Å²) in [5, 5.41) is 10.9. The number of carbonyl (C=O) groups is 1. The van der Waals surface area contributed by atoms with Crippen molar-refractivity contribution in [3.05, 3.63) is 36.2 Å². The van der Waals surface area contributed by atoms with E-state index in [1.165, 1.54) is 0 Å². The first kappa shape index (κ1) is 12.4. The SMILES string of the molecule is CN(C)c1ccc2ccnc(CCC(=O)O)c2c1. The molecule has 0 aliphatic heterocycles. The number of pyridine rings is 1. The van der Waals surface area contributed by atoms with Crippen LogP contribution in [0.15, 0.2) is 30.5 Å². The van der Waals surface area contributed by atoms with Crippen molar-refractivity contribution in [3.63, 3.8) is 0 Å². The van der Waals surface area contributed by atoms with Gasteiger partial charge >= 0.3 is 5.97 Å². The van der Waals surface area contributed by atoms with E-state index in [1.807, 2.05) is 37.2 Å². The number of nitrogens with zero attached hydrogens (tertiary/aromatic N) is 2. The second-order valence-corrected chi connectivity index (χ2v) is 4.45. The highest BCUT2D eigenvalue weighted by molar-refractivity contribution is 5.88. The molecule has 0 saturated carbocycles. The number of rotatable bonds is 4. The second-order valence-electron chi connectivity index (χ2n) is 4.45. The zero-order valence-electron chi connectivity index (χ0n) is 10.6. The van der Waals surface area contributed by atoms with E-state index < -0.39 is 5.97 Å². The molecule has 1 N–H and O–H groups in total. The fraction of sp³-hybridized carbons (Fsp3) is 0.286. The molecule has 0 radical (unpaired) electrons. The zero-order valence-corrected chi connectivity index (χ0v) is 10.6. The number of hydrogen-bond acceptors (Lipinski definition) is 3. The molecule has 94 valence electrons. The molecule has 0 aliphatic carbocycles. The van der Waals surface area contributed by atoms with Gasteiger partial charge in [-0.2, -0.15) is 0 Å². The summed E-state index contributed by atoms with van der Waals surface area (Å²) in [6.45, 7) is 0. The van der Waals surface area contributed by atoms with Gasteiger partial charge < -0.3 is 10.0 Å². The standard InChI is InChI=1S/C14H16N2O2/c1-16(2)11-4-3-10-7-8-15-13(12(10)9-11)5-6-14(17)18/h3-4,7-9H,5-6H2,1-2H3,(H,17,18). The molecule has 1 aromatic carbocycles. The third-order valence-electron chi connectivity index (χ3n) is 2.92. The van der Waals surface area contributed by atoms with E-state index in [0.717, 1.165) is 22.2 Å². The Morgan fingerprint density at radius 2 is 2.11 bits per heavy atom. The summed E-state index contributed by atoms with van der Waals surface area (Å²) in [5.74, 6) is -0.794. The van der Waals surface area contributed by atoms with Crippen molar-refractivity contribution >= 4 is 22.4 Å². The monoisotopic (exact) mass is 244 g/mol. The summed E-state index contributed by atoms with van der Waals surface area (Å²) < 4.78 is 0. The fourth-order valence-electron chi connectivity index (χ4n) is 1.92. The maximum Gasteiger partial charge on any atom is 0.303 e. The number of fused-ring (bicyclic) bond motifs is 1. The normalized spacial score (nSPS) is 10.6. The quantitative estimate of drug-likeness (QED) is 0.896. The number of anilines is 1. The van der Waals surface area contributed by atoms with Crippen LogP contribution in [0.3, 0.4) is 0 Å². The van der Waals surface area contributed by atoms with Crippen LogP contribution in [-0.4, -0.2) is 30.2 Å². The Morgan fingerprint density at radius 1 is 1.33 bits per heavy atom. The van der Waals surface area contributed by atoms with Gasteiger partial charge in [0.15, 0.2) is 0 Å². The Hall–Kier alpha value is -2.10. The third-order valence-corrected chi connectivity index (χ3v) is 2.92. The first-order chi connectivity index (χ1) is 8.58. The van der Waals surface area contributed by atoms with E-state index in [2.05, 4.69) is 11.1 Å². The largest absolute Gasteiger partial charge is 0.481 e. The van der Waals surface area contributed by atoms with Gasteiger partial charge in [0.2, 0.25) is 0 Å². The number of hydrogen-bond donors (Lipinski definition) is 1. The highest BCUT2D eigenvalue weighted by Crippen LogP contribution is 2.23. The van der Waals surface area contributed by atoms with Gasteiger partial charge in [0.25, 0.3) is 0 Å². The minimum Gasteiger partial charge on any atom is -0.481 e. The number of benzene rings is 1. The molecule has 0 aliphatic rings. The van der Waals surface area contributed by atoms with Crippen LogP contribution < -0.4 is 4.90 Å². The first-order valence-corrected chi connectivity index (χ1v) is 5.84. The average molecular weight is 244 g/mol. The van der Waals surface area contributed by atoms with Gasteiger partial charge in [-0.15, -0.1) is 0 Å². The van der Waals surface area contributed by atoms with E-state index in [-0.39, 0.29) is 6.42 Å². The summed E-state index contributed by atoms with van der Waals surface area (Å²) in [4.78, 5) is 17.0. The Balaban J connectivity index is 2.45. The lowest BCUT2D eigenvalue weighted by Crippen LogP contribution is -2.08. The molecule has 0 bridgehead atoms. The molecule has 1 heterocycles. The van der Waals surface area contributed by atoms with E-state index in [4.69, 9.17) is 5.11 Å². The number of aliphatic carboxylic acids is 1. The molecule has 0 fully saturated rings. The number of carboxylic acid groups (broad SMARTS) is 1. The van der Waals surface area contributed by atoms with Crippen LogP contribution in [0.2, 0.25) is 0 Å². The molecule has 0 atom stereocenters. The van der Waals surface area contributed by atoms with Crippen LogP contribution in [-0.2, 0) is 11.2 Å². The maximum atomic E-state index is 10.6. The van der Waals surface area contributed by atoms with Crippen molar-refractivity contribution in [2.75, 3.05) is 19.0 Å². The Bertz CT molecular complexity index is 579. The third kappa shape index (κ3) is 2.59. The zero-order chi connectivity index (χ0) is 13.1. The van der Waals surface area contributed by atoms with Gasteiger partial charge in [-0.1, -0.05) is 6.07 Å². The minimum absolute atomic E-state index is 0.109. The Labute approximate surface area is 106 Å². The highest BCUT2D eigenvalue weighted by atomic mass is 16.4. The van der Waals surface area contributed by atoms with Crippen molar-refractivity contribution in [3.8, 4) is 0 Å². The van der Waals surface area contributed by atoms with Crippen molar-refractivity contribution in [1.82, 2.24) is 4.98 Å². The molecule has 2 aromatic rings. The molecule has 0 saturated heterocycles. The number of carboxylic acids is 1. The van der Waals surface area contributed by atoms with E-state index >= 15 is 0 Å². The fourth-order valence-corrected chi connectivity index (χ4v) is 1.92. The van der Waals surface area contributed by atoms with Gasteiger partial charge in [0.1, 0.15) is 0 Å². The van der Waals surface area contributed by atoms with E-state index in [0.29, 0.717) is 6.42 Å². The lowest BCUT2D eigenvalue weighted by Gasteiger charge is -2.14. The molecular formula is C14H16N2O2. The molecule has 4 nitrogen and oxygen atoms in total. The molecule has 0 spiro atoms. The summed E-state index contributed by atoms with van der Waals surface area (Å²) >= 11 is 0. The maximum absolute atomic E-state index is 10.6. The molecular weight excluding hydrogens is 228 g/mol. The van der Waals surface area contributed by atoms with Gasteiger partial charge in [-0.3, -0.25) is 9.78 Å². The number of aromatic nitrogens is 1. The van der Waals surface area contributed by atoms with E-state index in [9.17, 15) is 4.79 Å². The van der Waals surface area contributed by atoms with Crippen molar-refractivity contribution < 1.29 is 9.90 Å². The lowest BCUT2D eigenvalue weighted by molar-refractivity contribution is -0.136. The predicted octanol–water partition coefficient (Wildman–Crippen LogP) is 2.32. The Morgan fingerprint density at radius 3 is 2.78 bits per heavy atom. The predicted molar refractivity (Wildman–Crippen MR) is 72.0 cm³/mol. The summed E-state index contributed by atoms with van der Waals surface area (Å²) in [6, 6.07) is 8.08. The van der Waals surface area contributed by atoms with Crippen LogP contribution in [0.25, 0.3) is 10.8 Å². The van der Waals surface area contributed by atoms with Crippen molar-refractivity contribution in [2.45, 2.75) is 12.8 Å². The second kappa shape index (κ2) is 5.04. The first-order valence-electron chi connectivity index (χ1n) is 5.84. The van der Waals surface area contributed by atoms with Gasteiger partial charge in [-0.25, -0.2) is 0 Å². The van der Waals surface area contributed by atoms with Gasteiger partial charge in [0.05, 0.1) is 6.42 Å². The van der Waals surface area contributed by atoms with Crippen LogP contribution in [0.5, 0.6) is 0 Å². The molecule has 0 unspecified atom stereocenters. The number of aryl methyl sites for hydroxylation is 1. The van der Waals surface area contributed by atoms with E-state index in [1.54, 1.807) is 6.20 Å². The molecule has 2 rings (SSSR count). The molecule has 0 amide bonds. The smallest absolute Gasteiger partial charge is 0.303 e. The van der Waals surface area contributed by atoms with Crippen LogP contribution in [0, 0.1) is 0 Å². The van der Waals surface area contributed by atoms with Crippen LogP contribution in [0.1, 0.15) is 12.1 Å².